The predicted molar refractivity (Wildman–Crippen MR) is 78.6 cm³/mol. The molecule has 2 unspecified atom stereocenters. The van der Waals surface area contributed by atoms with E-state index in [2.05, 4.69) is 29.2 Å². The highest BCUT2D eigenvalue weighted by Gasteiger charge is 2.31. The average Bonchev–Trinajstić information content (AvgIpc) is 2.76. The van der Waals surface area contributed by atoms with Crippen LogP contribution in [0.4, 0.5) is 0 Å². The molecule has 2 heterocycles. The van der Waals surface area contributed by atoms with Gasteiger partial charge in [-0.05, 0) is 20.5 Å². The summed E-state index contributed by atoms with van der Waals surface area (Å²) in [7, 11) is 4.10. The number of aliphatic hydroxyl groups excluding tert-OH is 1. The van der Waals surface area contributed by atoms with Crippen LogP contribution >= 0.6 is 0 Å². The van der Waals surface area contributed by atoms with Gasteiger partial charge in [-0.3, -0.25) is 9.69 Å². The van der Waals surface area contributed by atoms with Gasteiger partial charge in [0.2, 0.25) is 5.91 Å². The van der Waals surface area contributed by atoms with Crippen LogP contribution in [0.15, 0.2) is 0 Å². The van der Waals surface area contributed by atoms with Crippen LogP contribution in [0.3, 0.4) is 0 Å². The number of amides is 1. The summed E-state index contributed by atoms with van der Waals surface area (Å²) in [5.41, 5.74) is 0. The molecule has 0 bridgehead atoms. The fourth-order valence-electron chi connectivity index (χ4n) is 3.15. The molecular formula is C14H28N4O2. The van der Waals surface area contributed by atoms with Crippen LogP contribution in [0.2, 0.25) is 0 Å². The highest BCUT2D eigenvalue weighted by molar-refractivity contribution is 5.76. The van der Waals surface area contributed by atoms with E-state index in [0.29, 0.717) is 19.0 Å². The summed E-state index contributed by atoms with van der Waals surface area (Å²) in [5, 5.41) is 13.1. The quantitative estimate of drug-likeness (QED) is 0.664. The van der Waals surface area contributed by atoms with Crippen LogP contribution in [0.5, 0.6) is 0 Å². The SMILES string of the molecule is CN(C)CC1CC(O)CN1CCC(=O)N1CCNCC1. The zero-order chi connectivity index (χ0) is 14.5. The number of likely N-dealkylation sites (N-methyl/N-ethyl adjacent to an activating group) is 1. The van der Waals surface area contributed by atoms with Gasteiger partial charge in [-0.2, -0.15) is 0 Å². The fourth-order valence-corrected chi connectivity index (χ4v) is 3.15. The minimum atomic E-state index is -0.241. The summed E-state index contributed by atoms with van der Waals surface area (Å²) >= 11 is 0. The third kappa shape index (κ3) is 4.41. The first-order valence-corrected chi connectivity index (χ1v) is 7.61. The van der Waals surface area contributed by atoms with Gasteiger partial charge in [-0.1, -0.05) is 0 Å². The van der Waals surface area contributed by atoms with Crippen LogP contribution < -0.4 is 5.32 Å². The maximum atomic E-state index is 12.2. The van der Waals surface area contributed by atoms with Gasteiger partial charge < -0.3 is 20.2 Å². The molecule has 0 aromatic rings. The number of β-amino-alcohol motifs (C(OH)–C–C–N with tert-alkyl or cyclic N) is 1. The highest BCUT2D eigenvalue weighted by Crippen LogP contribution is 2.18. The maximum Gasteiger partial charge on any atom is 0.223 e. The number of hydrogen-bond donors (Lipinski definition) is 2. The third-order valence-corrected chi connectivity index (χ3v) is 4.16. The van der Waals surface area contributed by atoms with E-state index in [9.17, 15) is 9.90 Å². The smallest absolute Gasteiger partial charge is 0.223 e. The van der Waals surface area contributed by atoms with E-state index in [1.165, 1.54) is 0 Å². The molecule has 1 amide bonds. The van der Waals surface area contributed by atoms with Crippen molar-refractivity contribution in [3.8, 4) is 0 Å². The molecule has 2 aliphatic rings. The Morgan fingerprint density at radius 2 is 2.05 bits per heavy atom. The van der Waals surface area contributed by atoms with Gasteiger partial charge in [0.1, 0.15) is 0 Å². The second kappa shape index (κ2) is 7.36. The Balaban J connectivity index is 1.77. The first-order valence-electron chi connectivity index (χ1n) is 7.61. The zero-order valence-corrected chi connectivity index (χ0v) is 12.7. The fraction of sp³-hybridized carbons (Fsp3) is 0.929. The van der Waals surface area contributed by atoms with Crippen LogP contribution in [-0.4, -0.2) is 97.8 Å². The van der Waals surface area contributed by atoms with Crippen molar-refractivity contribution in [2.75, 3.05) is 59.9 Å². The van der Waals surface area contributed by atoms with E-state index in [1.807, 2.05) is 4.90 Å². The number of aliphatic hydroxyl groups is 1. The lowest BCUT2D eigenvalue weighted by atomic mass is 10.2. The number of piperazine rings is 1. The number of nitrogens with zero attached hydrogens (tertiary/aromatic N) is 3. The number of likely N-dealkylation sites (tertiary alicyclic amines) is 1. The van der Waals surface area contributed by atoms with Crippen molar-refractivity contribution in [1.82, 2.24) is 20.0 Å². The Morgan fingerprint density at radius 1 is 1.35 bits per heavy atom. The summed E-state index contributed by atoms with van der Waals surface area (Å²) in [5.74, 6) is 0.247. The monoisotopic (exact) mass is 284 g/mol. The van der Waals surface area contributed by atoms with Crippen molar-refractivity contribution >= 4 is 5.91 Å². The van der Waals surface area contributed by atoms with E-state index in [1.54, 1.807) is 0 Å². The van der Waals surface area contributed by atoms with Crippen molar-refractivity contribution in [3.05, 3.63) is 0 Å². The van der Waals surface area contributed by atoms with Crippen molar-refractivity contribution in [3.63, 3.8) is 0 Å². The van der Waals surface area contributed by atoms with Crippen molar-refractivity contribution in [1.29, 1.82) is 0 Å². The Kier molecular flexibility index (Phi) is 5.77. The number of carbonyl (C=O) groups excluding carboxylic acids is 1. The molecule has 2 atom stereocenters. The molecule has 2 rings (SSSR count). The Morgan fingerprint density at radius 3 is 2.70 bits per heavy atom. The molecule has 6 heteroatoms. The summed E-state index contributed by atoms with van der Waals surface area (Å²) in [6.45, 7) is 5.85. The zero-order valence-electron chi connectivity index (χ0n) is 12.7. The summed E-state index contributed by atoms with van der Waals surface area (Å²) in [6, 6.07) is 0.371. The molecule has 0 saturated carbocycles. The van der Waals surface area contributed by atoms with Crippen LogP contribution in [0.1, 0.15) is 12.8 Å². The van der Waals surface area contributed by atoms with E-state index < -0.39 is 0 Å². The first kappa shape index (κ1) is 15.7. The van der Waals surface area contributed by atoms with E-state index in [-0.39, 0.29) is 12.0 Å². The summed E-state index contributed by atoms with van der Waals surface area (Å²) in [6.07, 6.45) is 1.14. The summed E-state index contributed by atoms with van der Waals surface area (Å²) in [4.78, 5) is 18.5. The predicted octanol–water partition coefficient (Wildman–Crippen LogP) is -1.19. The molecule has 116 valence electrons. The van der Waals surface area contributed by atoms with Crippen LogP contribution in [0.25, 0.3) is 0 Å². The van der Waals surface area contributed by atoms with Gasteiger partial charge >= 0.3 is 0 Å². The molecule has 2 fully saturated rings. The Hall–Kier alpha value is -0.690. The molecule has 0 aliphatic carbocycles. The molecule has 0 radical (unpaired) electrons. The molecule has 0 aromatic heterocycles. The van der Waals surface area contributed by atoms with Gasteiger partial charge in [-0.25, -0.2) is 0 Å². The number of rotatable bonds is 5. The maximum absolute atomic E-state index is 12.2. The van der Waals surface area contributed by atoms with Crippen molar-refractivity contribution in [2.24, 2.45) is 0 Å². The summed E-state index contributed by atoms with van der Waals surface area (Å²) < 4.78 is 0. The van der Waals surface area contributed by atoms with Gasteiger partial charge in [0.15, 0.2) is 0 Å². The number of hydrogen-bond acceptors (Lipinski definition) is 5. The minimum absolute atomic E-state index is 0.241. The topological polar surface area (TPSA) is 59.1 Å². The molecule has 2 aliphatic heterocycles. The average molecular weight is 284 g/mol. The Labute approximate surface area is 121 Å². The molecule has 2 N–H and O–H groups in total. The number of nitrogens with one attached hydrogen (secondary N) is 1. The van der Waals surface area contributed by atoms with Crippen LogP contribution in [0, 0.1) is 0 Å². The lowest BCUT2D eigenvalue weighted by molar-refractivity contribution is -0.132. The standard InChI is InChI=1S/C14H28N4O2/c1-16(2)10-12-9-13(19)11-18(12)6-3-14(20)17-7-4-15-5-8-17/h12-13,15,19H,3-11H2,1-2H3. The van der Waals surface area contributed by atoms with Gasteiger partial charge in [0.05, 0.1) is 6.10 Å². The molecule has 0 spiro atoms. The second-order valence-corrected chi connectivity index (χ2v) is 6.18. The lowest BCUT2D eigenvalue weighted by Crippen LogP contribution is -2.47. The molecule has 2 saturated heterocycles. The molecule has 0 aromatic carbocycles. The lowest BCUT2D eigenvalue weighted by Gasteiger charge is -2.30. The van der Waals surface area contributed by atoms with Gasteiger partial charge in [-0.15, -0.1) is 0 Å². The number of carbonyl (C=O) groups is 1. The molecular weight excluding hydrogens is 256 g/mol. The normalized spacial score (nSPS) is 28.3. The van der Waals surface area contributed by atoms with Crippen molar-refractivity contribution in [2.45, 2.75) is 25.0 Å². The third-order valence-electron chi connectivity index (χ3n) is 4.16. The first-order chi connectivity index (χ1) is 9.56. The molecule has 6 nitrogen and oxygen atoms in total. The van der Waals surface area contributed by atoms with Crippen molar-refractivity contribution < 1.29 is 9.90 Å². The van der Waals surface area contributed by atoms with E-state index in [0.717, 1.165) is 45.7 Å². The van der Waals surface area contributed by atoms with Crippen LogP contribution in [-0.2, 0) is 4.79 Å². The Bertz CT molecular complexity index is 318. The largest absolute Gasteiger partial charge is 0.392 e. The van der Waals surface area contributed by atoms with Gasteiger partial charge in [0.25, 0.3) is 0 Å². The van der Waals surface area contributed by atoms with E-state index >= 15 is 0 Å². The van der Waals surface area contributed by atoms with E-state index in [4.69, 9.17) is 0 Å². The second-order valence-electron chi connectivity index (χ2n) is 6.18. The minimum Gasteiger partial charge on any atom is -0.392 e. The highest BCUT2D eigenvalue weighted by atomic mass is 16.3. The molecule has 20 heavy (non-hydrogen) atoms. The van der Waals surface area contributed by atoms with Gasteiger partial charge in [0, 0.05) is 58.3 Å².